The summed E-state index contributed by atoms with van der Waals surface area (Å²) in [7, 11) is -0.219. The molecule has 8 rings (SSSR count). The average Bonchev–Trinajstić information content (AvgIpc) is 3.58. The lowest BCUT2D eigenvalue weighted by molar-refractivity contribution is 0.479. The maximum absolute atomic E-state index is 5.60. The number of anilines is 2. The van der Waals surface area contributed by atoms with Gasteiger partial charge in [-0.05, 0) is 91.7 Å². The van der Waals surface area contributed by atoms with E-state index in [4.69, 9.17) is 5.10 Å². The molecule has 4 aromatic carbocycles. The van der Waals surface area contributed by atoms with Crippen LogP contribution >= 0.6 is 7.92 Å². The first-order chi connectivity index (χ1) is 24.3. The van der Waals surface area contributed by atoms with Gasteiger partial charge in [-0.25, -0.2) is 5.01 Å². The molecule has 1 aliphatic heterocycles. The summed E-state index contributed by atoms with van der Waals surface area (Å²) in [6.07, 6.45) is 20.4. The van der Waals surface area contributed by atoms with E-state index in [1.165, 1.54) is 99.7 Å². The van der Waals surface area contributed by atoms with Crippen LogP contribution in [0.4, 0.5) is 11.4 Å². The zero-order valence-electron chi connectivity index (χ0n) is 28.8. The summed E-state index contributed by atoms with van der Waals surface area (Å²) in [6.45, 7) is 0. The van der Waals surface area contributed by atoms with Crippen molar-refractivity contribution in [2.45, 2.75) is 100 Å². The van der Waals surface area contributed by atoms with Gasteiger partial charge in [-0.3, -0.25) is 4.90 Å². The van der Waals surface area contributed by atoms with E-state index in [9.17, 15) is 0 Å². The monoisotopic (exact) mass is 663 g/mol. The quantitative estimate of drug-likeness (QED) is 0.183. The van der Waals surface area contributed by atoms with Gasteiger partial charge in [-0.15, -0.1) is 5.10 Å². The minimum absolute atomic E-state index is 0.219. The zero-order valence-corrected chi connectivity index (χ0v) is 29.7. The number of allylic oxidation sites excluding steroid dienone is 2. The fourth-order valence-corrected chi connectivity index (χ4v) is 13.6. The van der Waals surface area contributed by atoms with Crippen molar-refractivity contribution >= 4 is 31.2 Å². The fraction of sp³-hybridized carbons (Fsp3) is 0.356. The van der Waals surface area contributed by atoms with E-state index >= 15 is 0 Å². The normalized spacial score (nSPS) is 23.3. The van der Waals surface area contributed by atoms with Gasteiger partial charge in [0.05, 0.1) is 5.69 Å². The molecule has 3 fully saturated rings. The molecule has 1 atom stereocenters. The highest BCUT2D eigenvalue weighted by molar-refractivity contribution is 7.60. The zero-order chi connectivity index (χ0) is 32.8. The van der Waals surface area contributed by atoms with Crippen LogP contribution in [0.25, 0.3) is 6.08 Å². The first-order valence-corrected chi connectivity index (χ1v) is 20.5. The number of benzene rings is 4. The van der Waals surface area contributed by atoms with Crippen LogP contribution in [0.2, 0.25) is 0 Å². The van der Waals surface area contributed by atoms with Gasteiger partial charge in [-0.2, -0.15) is 0 Å². The summed E-state index contributed by atoms with van der Waals surface area (Å²) in [6, 6.07) is 43.9. The number of hydrazone groups is 1. The molecule has 0 amide bonds. The minimum atomic E-state index is -0.219. The first kappa shape index (κ1) is 32.3. The maximum atomic E-state index is 5.60. The molecule has 4 heteroatoms. The average molecular weight is 664 g/mol. The van der Waals surface area contributed by atoms with Crippen molar-refractivity contribution in [1.82, 2.24) is 0 Å². The van der Waals surface area contributed by atoms with E-state index < -0.39 is 0 Å². The Hall–Kier alpha value is -3.94. The molecule has 49 heavy (non-hydrogen) atoms. The van der Waals surface area contributed by atoms with E-state index in [0.717, 1.165) is 34.8 Å². The maximum Gasteiger partial charge on any atom is 0.167 e. The highest BCUT2D eigenvalue weighted by Gasteiger charge is 2.44. The number of nitrogens with zero attached hydrogens (tertiary/aromatic N) is 3. The van der Waals surface area contributed by atoms with Crippen LogP contribution in [0, 0.1) is 0 Å². The van der Waals surface area contributed by atoms with Crippen molar-refractivity contribution in [2.75, 3.05) is 9.91 Å². The number of para-hydroxylation sites is 2. The highest BCUT2D eigenvalue weighted by Crippen LogP contribution is 2.64. The number of rotatable bonds is 7. The van der Waals surface area contributed by atoms with Crippen molar-refractivity contribution in [1.29, 1.82) is 0 Å². The molecule has 3 saturated carbocycles. The third-order valence-electron chi connectivity index (χ3n) is 11.2. The second kappa shape index (κ2) is 15.3. The van der Waals surface area contributed by atoms with E-state index in [0.29, 0.717) is 5.66 Å². The summed E-state index contributed by atoms with van der Waals surface area (Å²) in [5.41, 5.74) is 10.1. The summed E-state index contributed by atoms with van der Waals surface area (Å²) in [5, 5.41) is 7.92. The Morgan fingerprint density at radius 3 is 1.67 bits per heavy atom. The molecule has 4 aromatic rings. The Labute approximate surface area is 295 Å². The summed E-state index contributed by atoms with van der Waals surface area (Å²) in [4.78, 5) is 2.52. The third kappa shape index (κ3) is 6.93. The van der Waals surface area contributed by atoms with E-state index in [-0.39, 0.29) is 7.92 Å². The smallest absolute Gasteiger partial charge is 0.167 e. The van der Waals surface area contributed by atoms with E-state index in [1.54, 1.807) is 5.57 Å². The molecular weight excluding hydrogens is 613 g/mol. The van der Waals surface area contributed by atoms with Gasteiger partial charge >= 0.3 is 0 Å². The fourth-order valence-electron chi connectivity index (χ4n) is 9.00. The third-order valence-corrected chi connectivity index (χ3v) is 15.2. The Kier molecular flexibility index (Phi) is 10.1. The number of amidine groups is 1. The molecule has 0 aromatic heterocycles. The van der Waals surface area contributed by atoms with Crippen LogP contribution in [-0.4, -0.2) is 22.8 Å². The van der Waals surface area contributed by atoms with Gasteiger partial charge in [0.1, 0.15) is 5.82 Å². The number of hydrogen-bond acceptors (Lipinski definition) is 3. The van der Waals surface area contributed by atoms with E-state index in [2.05, 4.69) is 137 Å². The van der Waals surface area contributed by atoms with Crippen LogP contribution in [0.5, 0.6) is 0 Å². The van der Waals surface area contributed by atoms with Crippen molar-refractivity contribution in [3.8, 4) is 0 Å². The molecule has 0 radical (unpaired) electrons. The predicted molar refractivity (Wildman–Crippen MR) is 211 cm³/mol. The van der Waals surface area contributed by atoms with Gasteiger partial charge in [0, 0.05) is 22.5 Å². The van der Waals surface area contributed by atoms with Gasteiger partial charge in [0.2, 0.25) is 0 Å². The Morgan fingerprint density at radius 2 is 1.08 bits per heavy atom. The molecular formula is C45H50N3P. The highest BCUT2D eigenvalue weighted by atomic mass is 31.1. The van der Waals surface area contributed by atoms with Gasteiger partial charge < -0.3 is 0 Å². The second-order valence-electron chi connectivity index (χ2n) is 14.4. The Morgan fingerprint density at radius 1 is 0.551 bits per heavy atom. The molecule has 0 saturated heterocycles. The van der Waals surface area contributed by atoms with Crippen LogP contribution in [0.15, 0.2) is 143 Å². The van der Waals surface area contributed by atoms with Crippen molar-refractivity contribution in [3.63, 3.8) is 0 Å². The Balaban J connectivity index is 1.41. The minimum Gasteiger partial charge on any atom is -0.277 e. The van der Waals surface area contributed by atoms with Gasteiger partial charge in [0.15, 0.2) is 5.84 Å². The molecule has 1 unspecified atom stereocenters. The summed E-state index contributed by atoms with van der Waals surface area (Å²) in [5.74, 6) is 2.25. The van der Waals surface area contributed by atoms with Gasteiger partial charge in [0.25, 0.3) is 0 Å². The standard InChI is InChI=1S/C45H50N3P/c1-7-20-35(21-8-1)34-37-24-19-33-42(49(40-29-15-5-16-30-40)41-31-17-6-18-32-41)43(37)45-47(38-25-11-3-12-26-38)44(36-22-9-2-10-23-36)46-48(45)39-27-13-4-14-28-39/h1-4,7-14,20-23,25-28,34,40-42H,5-6,15-19,24,29-33H2. The Bertz CT molecular complexity index is 1740. The lowest BCUT2D eigenvalue weighted by Gasteiger charge is -2.47. The second-order valence-corrected chi connectivity index (χ2v) is 17.3. The molecule has 3 nitrogen and oxygen atoms in total. The molecule has 3 aliphatic carbocycles. The van der Waals surface area contributed by atoms with Crippen LogP contribution in [0.1, 0.15) is 94.6 Å². The topological polar surface area (TPSA) is 18.8 Å². The van der Waals surface area contributed by atoms with Gasteiger partial charge in [-0.1, -0.05) is 150 Å². The van der Waals surface area contributed by atoms with Crippen molar-refractivity contribution < 1.29 is 0 Å². The SMILES string of the molecule is C(=C1CCCC(P(C2CCCCC2)C2CCCCC2)C1=C1N(c2ccccc2)N=C(c2ccccc2)N1c1ccccc1)c1ccccc1. The molecule has 250 valence electrons. The molecule has 0 N–H and O–H groups in total. The summed E-state index contributed by atoms with van der Waals surface area (Å²) < 4.78 is 0. The largest absolute Gasteiger partial charge is 0.277 e. The first-order valence-electron chi connectivity index (χ1n) is 19.0. The van der Waals surface area contributed by atoms with Crippen molar-refractivity contribution in [2.24, 2.45) is 5.10 Å². The van der Waals surface area contributed by atoms with E-state index in [1.807, 2.05) is 0 Å². The lowest BCUT2D eigenvalue weighted by atomic mass is 9.87. The van der Waals surface area contributed by atoms with Crippen LogP contribution in [-0.2, 0) is 0 Å². The lowest BCUT2D eigenvalue weighted by Crippen LogP contribution is -2.36. The summed E-state index contributed by atoms with van der Waals surface area (Å²) >= 11 is 0. The molecule has 0 spiro atoms. The van der Waals surface area contributed by atoms with Crippen molar-refractivity contribution in [3.05, 3.63) is 149 Å². The molecule has 4 aliphatic rings. The van der Waals surface area contributed by atoms with Crippen LogP contribution < -0.4 is 9.91 Å². The molecule has 1 heterocycles. The predicted octanol–water partition coefficient (Wildman–Crippen LogP) is 12.4. The van der Waals surface area contributed by atoms with Crippen LogP contribution in [0.3, 0.4) is 0 Å². The molecule has 0 bridgehead atoms. The number of hydrogen-bond donors (Lipinski definition) is 0.